The van der Waals surface area contributed by atoms with Gasteiger partial charge in [0.1, 0.15) is 5.75 Å². The minimum Gasteiger partial charge on any atom is -0.497 e. The zero-order valence-electron chi connectivity index (χ0n) is 11.8. The number of aromatic nitrogens is 2. The van der Waals surface area contributed by atoms with Crippen LogP contribution in [-0.4, -0.2) is 22.8 Å². The molecule has 0 saturated carbocycles. The third-order valence-corrected chi connectivity index (χ3v) is 3.09. The molecule has 1 N–H and O–H groups in total. The zero-order chi connectivity index (χ0) is 14.4. The molecule has 2 aromatic rings. The summed E-state index contributed by atoms with van der Waals surface area (Å²) in [5.41, 5.74) is 1.97. The molecule has 0 aliphatic rings. The number of benzene rings is 1. The van der Waals surface area contributed by atoms with Crippen LogP contribution in [0.3, 0.4) is 0 Å². The van der Waals surface area contributed by atoms with E-state index < -0.39 is 0 Å². The number of methoxy groups -OCH3 is 1. The van der Waals surface area contributed by atoms with Crippen molar-refractivity contribution < 1.29 is 9.53 Å². The second kappa shape index (κ2) is 6.75. The molecule has 106 valence electrons. The Labute approximate surface area is 118 Å². The van der Waals surface area contributed by atoms with Crippen molar-refractivity contribution in [2.75, 3.05) is 7.11 Å². The van der Waals surface area contributed by atoms with Crippen molar-refractivity contribution in [3.05, 3.63) is 47.8 Å². The summed E-state index contributed by atoms with van der Waals surface area (Å²) >= 11 is 0. The molecule has 0 spiro atoms. The number of carbonyl (C=O) groups is 1. The molecule has 5 heteroatoms. The lowest BCUT2D eigenvalue weighted by Crippen LogP contribution is -2.25. The van der Waals surface area contributed by atoms with Gasteiger partial charge in [0.15, 0.2) is 0 Å². The summed E-state index contributed by atoms with van der Waals surface area (Å²) in [4.78, 5) is 11.9. The first-order valence-corrected chi connectivity index (χ1v) is 6.63. The maximum absolute atomic E-state index is 11.9. The Balaban J connectivity index is 1.86. The standard InChI is InChI=1S/C15H19N3O2/c1-3-18-13(8-9-17-18)11-16-15(19)10-12-4-6-14(20-2)7-5-12/h4-9H,3,10-11H2,1-2H3,(H,16,19). The molecule has 20 heavy (non-hydrogen) atoms. The van der Waals surface area contributed by atoms with E-state index in [2.05, 4.69) is 10.4 Å². The van der Waals surface area contributed by atoms with Crippen LogP contribution >= 0.6 is 0 Å². The number of ether oxygens (including phenoxy) is 1. The molecule has 1 aromatic carbocycles. The highest BCUT2D eigenvalue weighted by Crippen LogP contribution is 2.11. The van der Waals surface area contributed by atoms with Crippen LogP contribution in [0.1, 0.15) is 18.2 Å². The van der Waals surface area contributed by atoms with Crippen molar-refractivity contribution >= 4 is 5.91 Å². The monoisotopic (exact) mass is 273 g/mol. The van der Waals surface area contributed by atoms with Crippen LogP contribution in [0, 0.1) is 0 Å². The number of amides is 1. The van der Waals surface area contributed by atoms with Crippen LogP contribution in [0.15, 0.2) is 36.5 Å². The van der Waals surface area contributed by atoms with Gasteiger partial charge in [-0.05, 0) is 30.7 Å². The number of nitrogens with zero attached hydrogens (tertiary/aromatic N) is 2. The van der Waals surface area contributed by atoms with E-state index in [9.17, 15) is 4.79 Å². The van der Waals surface area contributed by atoms with Gasteiger partial charge >= 0.3 is 0 Å². The second-order valence-corrected chi connectivity index (χ2v) is 4.44. The molecule has 5 nitrogen and oxygen atoms in total. The third kappa shape index (κ3) is 3.60. The van der Waals surface area contributed by atoms with Gasteiger partial charge < -0.3 is 10.1 Å². The van der Waals surface area contributed by atoms with Gasteiger partial charge in [-0.15, -0.1) is 0 Å². The number of carbonyl (C=O) groups excluding carboxylic acids is 1. The van der Waals surface area contributed by atoms with Crippen LogP contribution in [0.2, 0.25) is 0 Å². The zero-order valence-corrected chi connectivity index (χ0v) is 11.8. The summed E-state index contributed by atoms with van der Waals surface area (Å²) in [6.07, 6.45) is 2.11. The highest BCUT2D eigenvalue weighted by atomic mass is 16.5. The van der Waals surface area contributed by atoms with E-state index in [4.69, 9.17) is 4.74 Å². The van der Waals surface area contributed by atoms with E-state index in [-0.39, 0.29) is 5.91 Å². The van der Waals surface area contributed by atoms with Gasteiger partial charge in [-0.3, -0.25) is 9.48 Å². The first kappa shape index (κ1) is 14.1. The molecule has 0 atom stereocenters. The van der Waals surface area contributed by atoms with Crippen molar-refractivity contribution in [2.24, 2.45) is 0 Å². The summed E-state index contributed by atoms with van der Waals surface area (Å²) in [7, 11) is 1.62. The summed E-state index contributed by atoms with van der Waals surface area (Å²) in [5, 5.41) is 7.07. The van der Waals surface area contributed by atoms with E-state index in [1.165, 1.54) is 0 Å². The van der Waals surface area contributed by atoms with Crippen molar-refractivity contribution in [2.45, 2.75) is 26.4 Å². The van der Waals surface area contributed by atoms with E-state index in [1.54, 1.807) is 13.3 Å². The first-order valence-electron chi connectivity index (χ1n) is 6.63. The molecule has 2 rings (SSSR count). The molecule has 1 heterocycles. The minimum absolute atomic E-state index is 0.000908. The maximum atomic E-state index is 11.9. The molecular weight excluding hydrogens is 254 g/mol. The van der Waals surface area contributed by atoms with Gasteiger partial charge in [0, 0.05) is 12.7 Å². The summed E-state index contributed by atoms with van der Waals surface area (Å²) in [6, 6.07) is 9.42. The fourth-order valence-electron chi connectivity index (χ4n) is 1.98. The van der Waals surface area contributed by atoms with Gasteiger partial charge in [-0.1, -0.05) is 12.1 Å². The number of nitrogens with one attached hydrogen (secondary N) is 1. The third-order valence-electron chi connectivity index (χ3n) is 3.09. The van der Waals surface area contributed by atoms with Crippen LogP contribution in [0.25, 0.3) is 0 Å². The van der Waals surface area contributed by atoms with Crippen molar-refractivity contribution in [1.82, 2.24) is 15.1 Å². The summed E-state index contributed by atoms with van der Waals surface area (Å²) < 4.78 is 6.95. The highest BCUT2D eigenvalue weighted by Gasteiger charge is 2.06. The largest absolute Gasteiger partial charge is 0.497 e. The van der Waals surface area contributed by atoms with Gasteiger partial charge in [0.2, 0.25) is 5.91 Å². The molecule has 0 aliphatic heterocycles. The molecule has 1 aromatic heterocycles. The Morgan fingerprint density at radius 2 is 2.05 bits per heavy atom. The Bertz CT molecular complexity index is 561. The summed E-state index contributed by atoms with van der Waals surface area (Å²) in [6.45, 7) is 3.33. The fourth-order valence-corrected chi connectivity index (χ4v) is 1.98. The average molecular weight is 273 g/mol. The predicted octanol–water partition coefficient (Wildman–Crippen LogP) is 1.77. The van der Waals surface area contributed by atoms with Crippen LogP contribution < -0.4 is 10.1 Å². The molecule has 0 fully saturated rings. The van der Waals surface area contributed by atoms with Crippen molar-refractivity contribution in [3.63, 3.8) is 0 Å². The lowest BCUT2D eigenvalue weighted by molar-refractivity contribution is -0.120. The van der Waals surface area contributed by atoms with Gasteiger partial charge in [0.05, 0.1) is 25.8 Å². The van der Waals surface area contributed by atoms with E-state index in [1.807, 2.05) is 41.9 Å². The Morgan fingerprint density at radius 3 is 2.70 bits per heavy atom. The Hall–Kier alpha value is -2.30. The number of aryl methyl sites for hydroxylation is 1. The van der Waals surface area contributed by atoms with Crippen molar-refractivity contribution in [3.8, 4) is 5.75 Å². The second-order valence-electron chi connectivity index (χ2n) is 4.44. The lowest BCUT2D eigenvalue weighted by atomic mass is 10.1. The van der Waals surface area contributed by atoms with Gasteiger partial charge in [-0.25, -0.2) is 0 Å². The van der Waals surface area contributed by atoms with Crippen LogP contribution in [0.4, 0.5) is 0 Å². The SMILES string of the molecule is CCn1nccc1CNC(=O)Cc1ccc(OC)cc1. The Kier molecular flexibility index (Phi) is 4.76. The van der Waals surface area contributed by atoms with Crippen molar-refractivity contribution in [1.29, 1.82) is 0 Å². The Morgan fingerprint density at radius 1 is 1.30 bits per heavy atom. The van der Waals surface area contributed by atoms with Gasteiger partial charge in [-0.2, -0.15) is 5.10 Å². The quantitative estimate of drug-likeness (QED) is 0.872. The molecule has 0 unspecified atom stereocenters. The fraction of sp³-hybridized carbons (Fsp3) is 0.333. The number of hydrogen-bond acceptors (Lipinski definition) is 3. The molecule has 0 saturated heterocycles. The van der Waals surface area contributed by atoms with Gasteiger partial charge in [0.25, 0.3) is 0 Å². The molecule has 1 amide bonds. The minimum atomic E-state index is -0.000908. The molecule has 0 aliphatic carbocycles. The van der Waals surface area contributed by atoms with Crippen LogP contribution in [0.5, 0.6) is 5.75 Å². The first-order chi connectivity index (χ1) is 9.72. The smallest absolute Gasteiger partial charge is 0.224 e. The van der Waals surface area contributed by atoms with E-state index in [0.717, 1.165) is 23.6 Å². The molecule has 0 radical (unpaired) electrons. The number of rotatable bonds is 6. The normalized spacial score (nSPS) is 10.3. The van der Waals surface area contributed by atoms with E-state index >= 15 is 0 Å². The molecular formula is C15H19N3O2. The molecule has 0 bridgehead atoms. The maximum Gasteiger partial charge on any atom is 0.224 e. The average Bonchev–Trinajstić information content (AvgIpc) is 2.93. The predicted molar refractivity (Wildman–Crippen MR) is 76.4 cm³/mol. The van der Waals surface area contributed by atoms with E-state index in [0.29, 0.717) is 13.0 Å². The number of hydrogen-bond donors (Lipinski definition) is 1. The highest BCUT2D eigenvalue weighted by molar-refractivity contribution is 5.78. The summed E-state index contributed by atoms with van der Waals surface area (Å²) in [5.74, 6) is 0.792. The van der Waals surface area contributed by atoms with Crippen LogP contribution in [-0.2, 0) is 24.3 Å². The lowest BCUT2D eigenvalue weighted by Gasteiger charge is -2.07. The topological polar surface area (TPSA) is 56.2 Å².